The van der Waals surface area contributed by atoms with Gasteiger partial charge in [-0.05, 0) is 110 Å². The van der Waals surface area contributed by atoms with E-state index >= 15 is 4.79 Å². The molecule has 6 fully saturated rings. The molecule has 0 aromatic carbocycles. The lowest BCUT2D eigenvalue weighted by atomic mass is 9.49. The number of hydroxylamine groups is 2. The van der Waals surface area contributed by atoms with Crippen LogP contribution in [0.15, 0.2) is 70.6 Å². The summed E-state index contributed by atoms with van der Waals surface area (Å²) in [6.07, 6.45) is -1.03. The maximum Gasteiger partial charge on any atom is 0.407 e. The zero-order valence-electron chi connectivity index (χ0n) is 52.6. The highest BCUT2D eigenvalue weighted by atomic mass is 16.8. The van der Waals surface area contributed by atoms with Gasteiger partial charge in [-0.1, -0.05) is 62.8 Å². The third-order valence-corrected chi connectivity index (χ3v) is 20.2. The Morgan fingerprint density at radius 3 is 2.11 bits per heavy atom. The highest BCUT2D eigenvalue weighted by molar-refractivity contribution is 6.26. The quantitative estimate of drug-likeness (QED) is 0.0294. The number of rotatable bonds is 13. The highest BCUT2D eigenvalue weighted by Gasteiger charge is 2.65. The van der Waals surface area contributed by atoms with Gasteiger partial charge in [0.25, 0.3) is 0 Å². The third kappa shape index (κ3) is 13.3. The van der Waals surface area contributed by atoms with Gasteiger partial charge in [0, 0.05) is 56.3 Å². The molecular formula is C64H91N2O22-. The van der Waals surface area contributed by atoms with Crippen molar-refractivity contribution in [3.8, 4) is 0 Å². The van der Waals surface area contributed by atoms with Gasteiger partial charge in [-0.25, -0.2) is 9.59 Å². The lowest BCUT2D eigenvalue weighted by molar-refractivity contribution is -0.323. The maximum atomic E-state index is 15.8. The Balaban J connectivity index is 1.05. The average molecular weight is 1240 g/mol. The molecule has 2 bridgehead atoms. The number of carbonyl (C=O) groups is 5. The first-order valence-electron chi connectivity index (χ1n) is 31.0. The lowest BCUT2D eigenvalue weighted by Crippen LogP contribution is -2.67. The summed E-state index contributed by atoms with van der Waals surface area (Å²) in [7, 11) is 1.16. The lowest BCUT2D eigenvalue weighted by Gasteiger charge is -2.56. The standard InChI is InChI=1S/C64H91N2O22/c1-29-14-19-45(84-51-28-62(11,66(76)77)57(37(9)82-51)65-61(75)78-13)30(2)23-42-43(69)24-39(16-15-33(5)67)27-64(42)59(73)52(60(74)88-64)58(72)63(12)41(29)18-17-40-53(63)31(3)22-32(4)55(40)87-50-26-47(56(36(8)81-50)83-38(10)68)86-48-21-20-46(34(6)79-48)85-49-25-44(70)54(71)35(7)80-49/h14-18,23-24,31-32,34-37,40-51,53-57,69-72,76H,19-22,25-28H2,1-13H3,(H,65,75)/q-1/b16-15+,29-14-,30-23-,58-52-/t31-,32-,34-,35-,36-,37+,40-,41-,42+,43-,44+,45-,46+,47+,48-,49+,50-,51-,53+,54-,55-,56-,57-,62-,63+,64-/m0/s1. The fraction of sp³-hybridized carbons (Fsp3) is 0.734. The molecule has 6 N–H and O–H groups in total. The number of allylic oxidation sites excluding steroid dienone is 5. The first-order valence-corrected chi connectivity index (χ1v) is 31.0. The maximum absolute atomic E-state index is 15.8. The molecule has 5 heterocycles. The largest absolute Gasteiger partial charge is 0.762 e. The van der Waals surface area contributed by atoms with Crippen LogP contribution in [0.25, 0.3) is 0 Å². The van der Waals surface area contributed by atoms with E-state index in [9.17, 15) is 50.0 Å². The first kappa shape index (κ1) is 67.6. The summed E-state index contributed by atoms with van der Waals surface area (Å²) in [6, 6.07) is -1.06. The normalized spacial score (nSPS) is 46.9. The Morgan fingerprint density at radius 1 is 0.784 bits per heavy atom. The Hall–Kier alpha value is -4.77. The molecular weight excluding hydrogens is 1150 g/mol. The molecule has 490 valence electrons. The van der Waals surface area contributed by atoms with E-state index in [1.54, 1.807) is 33.8 Å². The fourth-order valence-electron chi connectivity index (χ4n) is 15.8. The number of nitrogens with one attached hydrogen (secondary N) is 1. The van der Waals surface area contributed by atoms with Crippen molar-refractivity contribution in [3.63, 3.8) is 0 Å². The van der Waals surface area contributed by atoms with Crippen LogP contribution < -0.4 is 5.32 Å². The number of fused-ring (bicyclic) bond motifs is 4. The number of ether oxygens (including phenoxy) is 11. The van der Waals surface area contributed by atoms with E-state index in [4.69, 9.17) is 52.1 Å². The van der Waals surface area contributed by atoms with Gasteiger partial charge in [0.2, 0.25) is 5.78 Å². The second kappa shape index (κ2) is 26.8. The third-order valence-electron chi connectivity index (χ3n) is 20.2. The Kier molecular flexibility index (Phi) is 20.6. The van der Waals surface area contributed by atoms with E-state index in [0.29, 0.717) is 30.4 Å². The van der Waals surface area contributed by atoms with Crippen molar-refractivity contribution in [1.82, 2.24) is 10.5 Å². The molecule has 0 unspecified atom stereocenters. The van der Waals surface area contributed by atoms with E-state index in [1.165, 1.54) is 39.0 Å². The Morgan fingerprint density at radius 2 is 1.45 bits per heavy atom. The minimum atomic E-state index is -2.13. The molecule has 1 amide bonds. The number of aliphatic hydroxyl groups is 4. The number of Topliss-reactive ketones (excluding diaryl/α,β-unsaturated/α-hetero) is 1. The number of hydrogen-bond donors (Lipinski definition) is 6. The Labute approximate surface area is 514 Å². The number of aliphatic hydroxyl groups excluding tert-OH is 4. The van der Waals surface area contributed by atoms with Gasteiger partial charge in [0.15, 0.2) is 42.6 Å². The van der Waals surface area contributed by atoms with Gasteiger partial charge in [-0.3, -0.25) is 19.6 Å². The predicted molar refractivity (Wildman–Crippen MR) is 311 cm³/mol. The fourth-order valence-corrected chi connectivity index (χ4v) is 15.8. The summed E-state index contributed by atoms with van der Waals surface area (Å²) < 4.78 is 69.0. The van der Waals surface area contributed by atoms with Crippen molar-refractivity contribution in [1.29, 1.82) is 0 Å². The van der Waals surface area contributed by atoms with E-state index in [0.717, 1.165) is 12.7 Å². The van der Waals surface area contributed by atoms with Crippen LogP contribution in [0.1, 0.15) is 134 Å². The van der Waals surface area contributed by atoms with Gasteiger partial charge >= 0.3 is 18.0 Å². The van der Waals surface area contributed by atoms with Crippen LogP contribution in [-0.4, -0.2) is 183 Å². The number of esters is 2. The molecule has 0 aromatic rings. The molecule has 26 atom stereocenters. The summed E-state index contributed by atoms with van der Waals surface area (Å²) in [5.74, 6) is -6.51. The molecule has 5 aliphatic heterocycles. The van der Waals surface area contributed by atoms with Crippen LogP contribution in [0.4, 0.5) is 4.79 Å². The van der Waals surface area contributed by atoms with Gasteiger partial charge in [0.05, 0.1) is 79.5 Å². The van der Waals surface area contributed by atoms with Gasteiger partial charge in [0.1, 0.15) is 23.5 Å². The Bertz CT molecular complexity index is 2800. The summed E-state index contributed by atoms with van der Waals surface area (Å²) >= 11 is 0. The smallest absolute Gasteiger partial charge is 0.407 e. The van der Waals surface area contributed by atoms with Crippen molar-refractivity contribution in [3.05, 3.63) is 75.8 Å². The molecule has 9 rings (SSSR count). The van der Waals surface area contributed by atoms with Gasteiger partial charge in [-0.15, -0.1) is 0 Å². The van der Waals surface area contributed by atoms with Gasteiger partial charge in [-0.2, -0.15) is 0 Å². The molecule has 88 heavy (non-hydrogen) atoms. The molecule has 0 aromatic heterocycles. The van der Waals surface area contributed by atoms with Crippen LogP contribution in [0.3, 0.4) is 0 Å². The zero-order valence-corrected chi connectivity index (χ0v) is 52.6. The van der Waals surface area contributed by atoms with Crippen LogP contribution in [0, 0.1) is 46.1 Å². The average Bonchev–Trinajstić information content (AvgIpc) is 1.35. The van der Waals surface area contributed by atoms with Crippen LogP contribution >= 0.6 is 0 Å². The number of methoxy groups -OCH3 is 1. The topological polar surface area (TPSA) is 326 Å². The second-order valence-corrected chi connectivity index (χ2v) is 26.5. The van der Waals surface area contributed by atoms with Crippen molar-refractivity contribution in [2.24, 2.45) is 40.9 Å². The van der Waals surface area contributed by atoms with Crippen LogP contribution in [0.2, 0.25) is 0 Å². The van der Waals surface area contributed by atoms with E-state index in [1.807, 2.05) is 32.9 Å². The number of ketones is 2. The molecule has 4 aliphatic carbocycles. The molecule has 9 aliphatic rings. The van der Waals surface area contributed by atoms with Crippen molar-refractivity contribution in [2.75, 3.05) is 7.11 Å². The number of alkyl carbamates (subject to hydrolysis) is 1. The highest BCUT2D eigenvalue weighted by Crippen LogP contribution is 2.61. The molecule has 0 radical (unpaired) electrons. The monoisotopic (exact) mass is 1240 g/mol. The SMILES string of the molecule is COC(=O)N[C@H]1[C@@H](C)O[C@@H](O[C@H]2C/C=C(/C)[C@@H]3C=C[C@@H]4[C@@H](O[C@H]5C[C@@H](O[C@H]6CC[C@@H](O[C@@H]7C[C@@H](O)[C@@H](O)[C@H](C)O7)[C@H](C)O6)[C@@H](OC(C)=O)[C@H](C)O5)[C@@H](C)C[C@H](C)[C@H]4[C@]3(C)/C(O)=C3/C(=O)O[C@]4(CC(/C=C/C(C)=O)=C[C@H](O)[C@H]4/C=C\2C)C3=O)C[C@]1(C)N([O-])O. The summed E-state index contributed by atoms with van der Waals surface area (Å²) in [5, 5.41) is 72.1. The van der Waals surface area contributed by atoms with E-state index in [2.05, 4.69) is 25.2 Å². The molecule has 24 nitrogen and oxygen atoms in total. The van der Waals surface area contributed by atoms with Gasteiger partial charge < -0.3 is 88.3 Å². The summed E-state index contributed by atoms with van der Waals surface area (Å²) in [4.78, 5) is 68.0. The number of nitrogens with zero attached hydrogens (tertiary/aromatic N) is 1. The van der Waals surface area contributed by atoms with Crippen molar-refractivity contribution >= 4 is 29.6 Å². The van der Waals surface area contributed by atoms with E-state index < -0.39 is 180 Å². The number of amides is 1. The zero-order chi connectivity index (χ0) is 64.2. The van der Waals surface area contributed by atoms with Crippen molar-refractivity contribution < 1.29 is 102 Å². The van der Waals surface area contributed by atoms with E-state index in [-0.39, 0.29) is 54.9 Å². The molecule has 24 heteroatoms. The van der Waals surface area contributed by atoms with Crippen molar-refractivity contribution in [2.45, 2.75) is 250 Å². The summed E-state index contributed by atoms with van der Waals surface area (Å²) in [5.41, 5.74) is -4.27. The van der Waals surface area contributed by atoms with Crippen LogP contribution in [-0.2, 0) is 71.3 Å². The minimum absolute atomic E-state index is 0.0978. The van der Waals surface area contributed by atoms with Crippen LogP contribution in [0.5, 0.6) is 0 Å². The predicted octanol–water partition coefficient (Wildman–Crippen LogP) is 6.31. The number of carbonyl (C=O) groups excluding carboxylic acids is 5. The molecule has 5 saturated heterocycles. The second-order valence-electron chi connectivity index (χ2n) is 26.5. The first-order chi connectivity index (χ1) is 41.4. The number of hydrogen-bond acceptors (Lipinski definition) is 23. The molecule has 1 saturated carbocycles. The summed E-state index contributed by atoms with van der Waals surface area (Å²) in [6.45, 7) is 20.7. The minimum Gasteiger partial charge on any atom is -0.762 e. The molecule has 1 spiro atoms.